The van der Waals surface area contributed by atoms with Gasteiger partial charge in [-0.3, -0.25) is 14.8 Å². The van der Waals surface area contributed by atoms with Gasteiger partial charge in [-0.25, -0.2) is 4.79 Å². The molecule has 0 spiro atoms. The Kier molecular flexibility index (Phi) is 4.24. The van der Waals surface area contributed by atoms with Crippen LogP contribution in [0.15, 0.2) is 9.59 Å². The van der Waals surface area contributed by atoms with Crippen LogP contribution >= 0.6 is 0 Å². The van der Waals surface area contributed by atoms with Crippen molar-refractivity contribution >= 4 is 5.82 Å². The molecule has 0 saturated heterocycles. The molecule has 0 aliphatic carbocycles. The first-order chi connectivity index (χ1) is 7.56. The summed E-state index contributed by atoms with van der Waals surface area (Å²) in [5.41, 5.74) is -1.71. The van der Waals surface area contributed by atoms with E-state index in [9.17, 15) is 14.0 Å². The van der Waals surface area contributed by atoms with E-state index in [-0.39, 0.29) is 5.82 Å². The van der Waals surface area contributed by atoms with Crippen molar-refractivity contribution in [1.29, 1.82) is 0 Å². The normalized spacial score (nSPS) is 10.4. The number of H-pyrrole nitrogens is 2. The largest absolute Gasteiger partial charge is 0.358 e. The summed E-state index contributed by atoms with van der Waals surface area (Å²) in [5, 5.41) is 2.95. The minimum atomic E-state index is -1.00. The molecule has 0 atom stereocenters. The number of halogens is 1. The van der Waals surface area contributed by atoms with Crippen LogP contribution in [-0.2, 0) is 0 Å². The zero-order chi connectivity index (χ0) is 12.1. The van der Waals surface area contributed by atoms with Gasteiger partial charge < -0.3 is 10.2 Å². The lowest BCUT2D eigenvalue weighted by atomic mass is 10.4. The molecule has 1 aromatic rings. The maximum atomic E-state index is 13.4. The van der Waals surface area contributed by atoms with Gasteiger partial charge in [-0.15, -0.1) is 0 Å². The number of hydrogen-bond acceptors (Lipinski definition) is 4. The van der Waals surface area contributed by atoms with E-state index >= 15 is 0 Å². The molecule has 1 heterocycles. The summed E-state index contributed by atoms with van der Waals surface area (Å²) in [6.07, 6.45) is 0.779. The lowest BCUT2D eigenvalue weighted by Gasteiger charge is -2.18. The summed E-state index contributed by atoms with van der Waals surface area (Å²) in [7, 11) is 3.43. The molecule has 0 unspecified atom stereocenters. The highest BCUT2D eigenvalue weighted by Crippen LogP contribution is 2.07. The van der Waals surface area contributed by atoms with Crippen LogP contribution in [0.3, 0.4) is 0 Å². The van der Waals surface area contributed by atoms with Crippen molar-refractivity contribution in [3.8, 4) is 0 Å². The summed E-state index contributed by atoms with van der Waals surface area (Å²) < 4.78 is 13.4. The molecular formula is C9H15FN4O2. The molecule has 0 aliphatic heterocycles. The van der Waals surface area contributed by atoms with Crippen LogP contribution in [0.4, 0.5) is 10.2 Å². The van der Waals surface area contributed by atoms with Gasteiger partial charge in [-0.05, 0) is 20.0 Å². The third-order valence-electron chi connectivity index (χ3n) is 2.17. The lowest BCUT2D eigenvalue weighted by Crippen LogP contribution is -2.32. The fourth-order valence-electron chi connectivity index (χ4n) is 1.33. The minimum absolute atomic E-state index is 0.0788. The molecule has 3 N–H and O–H groups in total. The van der Waals surface area contributed by atoms with Crippen LogP contribution in [0.25, 0.3) is 0 Å². The van der Waals surface area contributed by atoms with Crippen molar-refractivity contribution in [3.63, 3.8) is 0 Å². The van der Waals surface area contributed by atoms with Gasteiger partial charge in [0.2, 0.25) is 5.82 Å². The van der Waals surface area contributed by atoms with Gasteiger partial charge in [0.1, 0.15) is 0 Å². The fraction of sp³-hybridized carbons (Fsp3) is 0.556. The molecule has 16 heavy (non-hydrogen) atoms. The second kappa shape index (κ2) is 5.45. The van der Waals surface area contributed by atoms with E-state index in [0.29, 0.717) is 6.54 Å². The van der Waals surface area contributed by atoms with E-state index in [1.807, 2.05) is 12.0 Å². The SMILES string of the molecule is CNCCCN(C)c1[nH]c(=O)[nH]c(=O)c1F. The first kappa shape index (κ1) is 12.4. The number of aromatic amines is 2. The molecule has 0 radical (unpaired) electrons. The average Bonchev–Trinajstić information content (AvgIpc) is 2.23. The Morgan fingerprint density at radius 3 is 2.69 bits per heavy atom. The molecule has 0 fully saturated rings. The Labute approximate surface area is 91.5 Å². The van der Waals surface area contributed by atoms with Crippen molar-refractivity contribution in [3.05, 3.63) is 26.7 Å². The smallest absolute Gasteiger partial charge is 0.327 e. The highest BCUT2D eigenvalue weighted by Gasteiger charge is 2.12. The predicted octanol–water partition coefficient (Wildman–Crippen LogP) is -0.752. The summed E-state index contributed by atoms with van der Waals surface area (Å²) >= 11 is 0. The van der Waals surface area contributed by atoms with Gasteiger partial charge in [-0.1, -0.05) is 0 Å². The zero-order valence-corrected chi connectivity index (χ0v) is 9.26. The van der Waals surface area contributed by atoms with Crippen molar-refractivity contribution in [2.45, 2.75) is 6.42 Å². The molecule has 0 aliphatic rings. The van der Waals surface area contributed by atoms with Crippen LogP contribution in [0.5, 0.6) is 0 Å². The number of aromatic nitrogens is 2. The van der Waals surface area contributed by atoms with Crippen LogP contribution in [0.1, 0.15) is 6.42 Å². The number of anilines is 1. The number of hydrogen-bond donors (Lipinski definition) is 3. The maximum Gasteiger partial charge on any atom is 0.327 e. The molecule has 0 bridgehead atoms. The van der Waals surface area contributed by atoms with Gasteiger partial charge in [0, 0.05) is 13.6 Å². The van der Waals surface area contributed by atoms with Crippen LogP contribution in [0, 0.1) is 5.82 Å². The summed E-state index contributed by atoms with van der Waals surface area (Å²) in [5.74, 6) is -1.04. The van der Waals surface area contributed by atoms with Crippen molar-refractivity contribution in [2.75, 3.05) is 32.1 Å². The van der Waals surface area contributed by atoms with E-state index in [1.165, 1.54) is 4.90 Å². The van der Waals surface area contributed by atoms with Crippen LogP contribution in [-0.4, -0.2) is 37.2 Å². The first-order valence-corrected chi connectivity index (χ1v) is 4.94. The van der Waals surface area contributed by atoms with E-state index in [2.05, 4.69) is 10.3 Å². The third-order valence-corrected chi connectivity index (χ3v) is 2.17. The van der Waals surface area contributed by atoms with Crippen molar-refractivity contribution in [1.82, 2.24) is 15.3 Å². The quantitative estimate of drug-likeness (QED) is 0.581. The van der Waals surface area contributed by atoms with E-state index < -0.39 is 17.1 Å². The Hall–Kier alpha value is -1.63. The second-order valence-corrected chi connectivity index (χ2v) is 3.45. The van der Waals surface area contributed by atoms with E-state index in [0.717, 1.165) is 13.0 Å². The van der Waals surface area contributed by atoms with Crippen molar-refractivity contribution in [2.24, 2.45) is 0 Å². The van der Waals surface area contributed by atoms with E-state index in [1.54, 1.807) is 7.05 Å². The van der Waals surface area contributed by atoms with Crippen molar-refractivity contribution < 1.29 is 4.39 Å². The maximum absolute atomic E-state index is 13.4. The molecule has 7 heteroatoms. The first-order valence-electron chi connectivity index (χ1n) is 4.94. The molecule has 90 valence electrons. The fourth-order valence-corrected chi connectivity index (χ4v) is 1.33. The molecule has 0 saturated carbocycles. The Morgan fingerprint density at radius 1 is 1.38 bits per heavy atom. The molecule has 1 rings (SSSR count). The van der Waals surface area contributed by atoms with Crippen LogP contribution < -0.4 is 21.5 Å². The number of nitrogens with zero attached hydrogens (tertiary/aromatic N) is 1. The molecule has 0 aromatic carbocycles. The second-order valence-electron chi connectivity index (χ2n) is 3.45. The van der Waals surface area contributed by atoms with Gasteiger partial charge >= 0.3 is 5.69 Å². The van der Waals surface area contributed by atoms with Gasteiger partial charge in [0.15, 0.2) is 5.82 Å². The minimum Gasteiger partial charge on any atom is -0.358 e. The van der Waals surface area contributed by atoms with Crippen LogP contribution in [0.2, 0.25) is 0 Å². The number of nitrogens with one attached hydrogen (secondary N) is 3. The Morgan fingerprint density at radius 2 is 2.06 bits per heavy atom. The topological polar surface area (TPSA) is 81.0 Å². The number of rotatable bonds is 5. The van der Waals surface area contributed by atoms with E-state index in [4.69, 9.17) is 0 Å². The molecule has 6 nitrogen and oxygen atoms in total. The lowest BCUT2D eigenvalue weighted by molar-refractivity contribution is 0.587. The summed E-state index contributed by atoms with van der Waals surface area (Å²) in [6.45, 7) is 1.32. The molecular weight excluding hydrogens is 215 g/mol. The van der Waals surface area contributed by atoms with Gasteiger partial charge in [0.05, 0.1) is 0 Å². The molecule has 1 aromatic heterocycles. The van der Waals surface area contributed by atoms with Gasteiger partial charge in [-0.2, -0.15) is 4.39 Å². The van der Waals surface area contributed by atoms with Gasteiger partial charge in [0.25, 0.3) is 5.56 Å². The Bertz CT molecular complexity index is 454. The highest BCUT2D eigenvalue weighted by molar-refractivity contribution is 5.36. The summed E-state index contributed by atoms with van der Waals surface area (Å²) in [4.78, 5) is 27.6. The highest BCUT2D eigenvalue weighted by atomic mass is 19.1. The standard InChI is InChI=1S/C9H15FN4O2/c1-11-4-3-5-14(2)7-6(10)8(15)13-9(16)12-7/h11H,3-5H2,1-2H3,(H2,12,13,15,16). The predicted molar refractivity (Wildman–Crippen MR) is 59.5 cm³/mol. The summed E-state index contributed by atoms with van der Waals surface area (Å²) in [6, 6.07) is 0. The Balaban J connectivity index is 2.86. The average molecular weight is 230 g/mol. The monoisotopic (exact) mass is 230 g/mol. The zero-order valence-electron chi connectivity index (χ0n) is 9.26. The molecule has 0 amide bonds. The third kappa shape index (κ3) is 2.93.